The smallest absolute Gasteiger partial charge is 0.143 e. The maximum Gasteiger partial charge on any atom is 0.143 e. The molecule has 3 aromatic carbocycles. The van der Waals surface area contributed by atoms with Crippen molar-refractivity contribution >= 4 is 25.8 Å². The summed E-state index contributed by atoms with van der Waals surface area (Å²) >= 11 is 0. The number of hydrogen-bond donors (Lipinski definition) is 0. The summed E-state index contributed by atoms with van der Waals surface area (Å²) in [7, 11) is -4.49. The average Bonchev–Trinajstić information content (AvgIpc) is 2.67. The minimum absolute atomic E-state index is 0.155. The van der Waals surface area contributed by atoms with Crippen LogP contribution in [0.3, 0.4) is 0 Å². The van der Waals surface area contributed by atoms with Gasteiger partial charge in [0.15, 0.2) is 0 Å². The summed E-state index contributed by atoms with van der Waals surface area (Å²) in [5, 5.41) is 2.12. The fourth-order valence-electron chi connectivity index (χ4n) is 3.63. The van der Waals surface area contributed by atoms with Crippen molar-refractivity contribution in [3.8, 4) is 0 Å². The second kappa shape index (κ2) is 7.78. The van der Waals surface area contributed by atoms with Crippen LogP contribution in [0.25, 0.3) is 0 Å². The molecule has 0 amide bonds. The van der Waals surface area contributed by atoms with Crippen LogP contribution in [0, 0.1) is 0 Å². The zero-order chi connectivity index (χ0) is 18.6. The Kier molecular flexibility index (Phi) is 5.65. The van der Waals surface area contributed by atoms with Crippen LogP contribution in [-0.2, 0) is 11.0 Å². The van der Waals surface area contributed by atoms with Gasteiger partial charge >= 0.3 is 0 Å². The van der Waals surface area contributed by atoms with E-state index in [4.69, 9.17) is 0 Å². The lowest BCUT2D eigenvalue weighted by Crippen LogP contribution is -2.44. The number of rotatable bonds is 6. The van der Waals surface area contributed by atoms with Gasteiger partial charge in [-0.05, 0) is 12.0 Å². The number of hydrogen-bond acceptors (Lipinski definition) is 1. The second-order valence-corrected chi connectivity index (χ2v) is 16.8. The maximum absolute atomic E-state index is 14.8. The Morgan fingerprint density at radius 2 is 1.08 bits per heavy atom. The van der Waals surface area contributed by atoms with E-state index < -0.39 is 15.2 Å². The third-order valence-corrected chi connectivity index (χ3v) is 13.8. The molecule has 0 aliphatic carbocycles. The van der Waals surface area contributed by atoms with Crippen molar-refractivity contribution in [1.82, 2.24) is 0 Å². The zero-order valence-corrected chi connectivity index (χ0v) is 17.7. The van der Waals surface area contributed by atoms with E-state index in [1.54, 1.807) is 0 Å². The Balaban J connectivity index is 2.19. The van der Waals surface area contributed by atoms with Gasteiger partial charge in [-0.2, -0.15) is 0 Å². The Morgan fingerprint density at radius 1 is 0.692 bits per heavy atom. The van der Waals surface area contributed by atoms with Crippen molar-refractivity contribution in [3.05, 3.63) is 96.6 Å². The third kappa shape index (κ3) is 3.92. The predicted molar refractivity (Wildman–Crippen MR) is 117 cm³/mol. The molecule has 0 aliphatic heterocycles. The molecule has 3 rings (SSSR count). The van der Waals surface area contributed by atoms with Crippen molar-refractivity contribution in [2.24, 2.45) is 0 Å². The lowest BCUT2D eigenvalue weighted by atomic mass is 10.2. The lowest BCUT2D eigenvalue weighted by Gasteiger charge is -2.37. The molecular formula is C23H27OPSi. The zero-order valence-electron chi connectivity index (χ0n) is 15.8. The molecule has 0 spiro atoms. The normalized spacial score (nSPS) is 13.3. The molecule has 1 unspecified atom stereocenters. The molecule has 3 heteroatoms. The molecule has 0 heterocycles. The molecule has 0 fully saturated rings. The van der Waals surface area contributed by atoms with Crippen LogP contribution in [-0.4, -0.2) is 13.4 Å². The van der Waals surface area contributed by atoms with Gasteiger partial charge in [-0.15, -0.1) is 0 Å². The topological polar surface area (TPSA) is 17.1 Å². The van der Waals surface area contributed by atoms with Crippen LogP contribution in [0.1, 0.15) is 5.56 Å². The quantitative estimate of drug-likeness (QED) is 0.409. The first-order chi connectivity index (χ1) is 12.4. The molecule has 3 aromatic rings. The van der Waals surface area contributed by atoms with E-state index >= 15 is 0 Å². The molecule has 0 bridgehead atoms. The summed E-state index contributed by atoms with van der Waals surface area (Å²) in [6.45, 7) is 7.04. The van der Waals surface area contributed by atoms with Gasteiger partial charge in [-0.25, -0.2) is 0 Å². The fourth-order valence-corrected chi connectivity index (χ4v) is 12.4. The van der Waals surface area contributed by atoms with E-state index in [-0.39, 0.29) is 5.28 Å². The van der Waals surface area contributed by atoms with Gasteiger partial charge in [0.25, 0.3) is 0 Å². The lowest BCUT2D eigenvalue weighted by molar-refractivity contribution is 0.583. The molecular weight excluding hydrogens is 351 g/mol. The SMILES string of the molecule is C[Si](C)(C)C(Cc1ccccc1)P(=O)(c1ccccc1)c1ccccc1. The van der Waals surface area contributed by atoms with E-state index in [9.17, 15) is 4.57 Å². The predicted octanol–water partition coefficient (Wildman–Crippen LogP) is 5.49. The Labute approximate surface area is 158 Å². The first-order valence-electron chi connectivity index (χ1n) is 9.17. The molecule has 1 nitrogen and oxygen atoms in total. The van der Waals surface area contributed by atoms with Crippen LogP contribution in [0.5, 0.6) is 0 Å². The highest BCUT2D eigenvalue weighted by molar-refractivity contribution is 7.81. The average molecular weight is 379 g/mol. The molecule has 0 saturated heterocycles. The van der Waals surface area contributed by atoms with Crippen LogP contribution >= 0.6 is 7.14 Å². The van der Waals surface area contributed by atoms with Crippen LogP contribution in [0.4, 0.5) is 0 Å². The second-order valence-electron chi connectivity index (χ2n) is 7.90. The minimum Gasteiger partial charge on any atom is -0.314 e. The van der Waals surface area contributed by atoms with Gasteiger partial charge in [-0.3, -0.25) is 0 Å². The highest BCUT2D eigenvalue weighted by Crippen LogP contribution is 2.53. The van der Waals surface area contributed by atoms with Crippen LogP contribution < -0.4 is 10.6 Å². The van der Waals surface area contributed by atoms with Gasteiger partial charge in [0.2, 0.25) is 0 Å². The van der Waals surface area contributed by atoms with Gasteiger partial charge in [0.1, 0.15) is 7.14 Å². The van der Waals surface area contributed by atoms with Gasteiger partial charge < -0.3 is 4.57 Å². The van der Waals surface area contributed by atoms with Crippen LogP contribution in [0.2, 0.25) is 19.6 Å². The molecule has 0 aromatic heterocycles. The van der Waals surface area contributed by atoms with Crippen molar-refractivity contribution in [3.63, 3.8) is 0 Å². The van der Waals surface area contributed by atoms with E-state index in [0.29, 0.717) is 0 Å². The molecule has 26 heavy (non-hydrogen) atoms. The Morgan fingerprint density at radius 3 is 1.46 bits per heavy atom. The Hall–Kier alpha value is -1.89. The van der Waals surface area contributed by atoms with Gasteiger partial charge in [0.05, 0.1) is 8.07 Å². The van der Waals surface area contributed by atoms with Crippen LogP contribution in [0.15, 0.2) is 91.0 Å². The van der Waals surface area contributed by atoms with Gasteiger partial charge in [-0.1, -0.05) is 111 Å². The Bertz CT molecular complexity index is 827. The molecule has 134 valence electrons. The minimum atomic E-state index is -2.76. The summed E-state index contributed by atoms with van der Waals surface area (Å²) in [6.07, 6.45) is 0.859. The largest absolute Gasteiger partial charge is 0.314 e. The van der Waals surface area contributed by atoms with Crippen molar-refractivity contribution in [2.75, 3.05) is 0 Å². The van der Waals surface area contributed by atoms with E-state index in [0.717, 1.165) is 17.0 Å². The van der Waals surface area contributed by atoms with E-state index in [1.807, 2.05) is 66.7 Å². The summed E-state index contributed by atoms with van der Waals surface area (Å²) in [5.74, 6) is 0. The van der Waals surface area contributed by atoms with Crippen molar-refractivity contribution < 1.29 is 4.57 Å². The standard InChI is InChI=1S/C23H27OPSi/c1-26(2,3)23(19-20-13-7-4-8-14-20)25(24,21-15-9-5-10-16-21)22-17-11-6-12-18-22/h4-18,23H,19H2,1-3H3. The summed E-state index contributed by atoms with van der Waals surface area (Å²) in [4.78, 5) is 0. The first kappa shape index (κ1) is 18.9. The summed E-state index contributed by atoms with van der Waals surface area (Å²) < 4.78 is 14.8. The van der Waals surface area contributed by atoms with Gasteiger partial charge in [0, 0.05) is 15.9 Å². The summed E-state index contributed by atoms with van der Waals surface area (Å²) in [6, 6.07) is 30.7. The number of benzene rings is 3. The highest BCUT2D eigenvalue weighted by Gasteiger charge is 2.44. The molecule has 1 atom stereocenters. The van der Waals surface area contributed by atoms with Crippen molar-refractivity contribution in [1.29, 1.82) is 0 Å². The van der Waals surface area contributed by atoms with E-state index in [2.05, 4.69) is 43.9 Å². The first-order valence-corrected chi connectivity index (χ1v) is 14.5. The van der Waals surface area contributed by atoms with Crippen molar-refractivity contribution in [2.45, 2.75) is 31.3 Å². The third-order valence-electron chi connectivity index (χ3n) is 4.99. The molecule has 0 aliphatic rings. The maximum atomic E-state index is 14.8. The molecule has 0 radical (unpaired) electrons. The summed E-state index contributed by atoms with van der Waals surface area (Å²) in [5.41, 5.74) is 1.27. The molecule has 0 N–H and O–H groups in total. The fraction of sp³-hybridized carbons (Fsp3) is 0.217. The molecule has 0 saturated carbocycles. The van der Waals surface area contributed by atoms with E-state index in [1.165, 1.54) is 5.56 Å². The highest BCUT2D eigenvalue weighted by atomic mass is 31.2. The monoisotopic (exact) mass is 378 g/mol.